The van der Waals surface area contributed by atoms with Crippen LogP contribution < -0.4 is 5.32 Å². The van der Waals surface area contributed by atoms with E-state index in [1.807, 2.05) is 0 Å². The van der Waals surface area contributed by atoms with E-state index in [0.29, 0.717) is 26.8 Å². The van der Waals surface area contributed by atoms with Gasteiger partial charge in [0.15, 0.2) is 9.84 Å². The van der Waals surface area contributed by atoms with Crippen LogP contribution in [0, 0.1) is 11.6 Å². The molecule has 7 nitrogen and oxygen atoms in total. The Balaban J connectivity index is 1.76. The smallest absolute Gasteiger partial charge is 0.261 e. The minimum atomic E-state index is -3.53. The number of nitrogens with one attached hydrogen (secondary N) is 1. The number of carbonyl (C=O) groups excluding carboxylic acids is 1. The van der Waals surface area contributed by atoms with Crippen LogP contribution >= 0.6 is 22.9 Å². The molecule has 1 amide bonds. The highest BCUT2D eigenvalue weighted by atomic mass is 35.5. The zero-order valence-electron chi connectivity index (χ0n) is 19.9. The maximum absolute atomic E-state index is 14.1. The number of carbonyl (C=O) groups is 1. The summed E-state index contributed by atoms with van der Waals surface area (Å²) in [6, 6.07) is 11.2. The summed E-state index contributed by atoms with van der Waals surface area (Å²) >= 11 is 7.14. The van der Waals surface area contributed by atoms with Gasteiger partial charge >= 0.3 is 0 Å². The lowest BCUT2D eigenvalue weighted by atomic mass is 10.1. The third-order valence-electron chi connectivity index (χ3n) is 5.36. The Morgan fingerprint density at radius 1 is 1.05 bits per heavy atom. The van der Waals surface area contributed by atoms with Crippen molar-refractivity contribution in [2.45, 2.75) is 31.3 Å². The summed E-state index contributed by atoms with van der Waals surface area (Å²) < 4.78 is 52.8. The van der Waals surface area contributed by atoms with Gasteiger partial charge in [-0.2, -0.15) is 0 Å². The monoisotopic (exact) mass is 562 g/mol. The second kappa shape index (κ2) is 10.2. The zero-order chi connectivity index (χ0) is 27.0. The van der Waals surface area contributed by atoms with Gasteiger partial charge in [-0.3, -0.25) is 4.79 Å². The van der Waals surface area contributed by atoms with Crippen molar-refractivity contribution in [2.24, 2.45) is 0 Å². The minimum absolute atomic E-state index is 0.00800. The van der Waals surface area contributed by atoms with E-state index in [1.165, 1.54) is 12.3 Å². The fourth-order valence-corrected chi connectivity index (χ4v) is 5.81. The first-order valence-electron chi connectivity index (χ1n) is 10.9. The molecule has 0 saturated carbocycles. The van der Waals surface area contributed by atoms with Gasteiger partial charge in [0.25, 0.3) is 5.91 Å². The van der Waals surface area contributed by atoms with E-state index in [4.69, 9.17) is 11.6 Å². The molecular formula is C25H21ClF2N4O3S2. The van der Waals surface area contributed by atoms with E-state index in [-0.39, 0.29) is 16.7 Å². The van der Waals surface area contributed by atoms with Gasteiger partial charge in [0.1, 0.15) is 28.0 Å². The maximum atomic E-state index is 14.1. The van der Waals surface area contributed by atoms with E-state index in [0.717, 1.165) is 23.5 Å². The molecule has 0 bridgehead atoms. The van der Waals surface area contributed by atoms with Gasteiger partial charge in [0.2, 0.25) is 5.28 Å². The van der Waals surface area contributed by atoms with Crippen molar-refractivity contribution in [3.05, 3.63) is 82.2 Å². The van der Waals surface area contributed by atoms with Crippen molar-refractivity contribution >= 4 is 44.4 Å². The highest BCUT2D eigenvalue weighted by molar-refractivity contribution is 7.92. The molecule has 0 saturated heterocycles. The molecule has 0 aliphatic heterocycles. The standard InChI is InChI=1S/C25H21ClF2N4O3S2/c1-25(2,3)37(34,35)13-19-32-21(22(36-19)18-10-11-29-24(26)31-18)14-6-4-7-15(12-14)30-23(33)20-16(27)8-5-9-17(20)28/h4-12H,13H2,1-3H3,(H,30,33). The van der Waals surface area contributed by atoms with Crippen molar-refractivity contribution in [3.8, 4) is 21.8 Å². The molecule has 0 spiro atoms. The molecule has 192 valence electrons. The Hall–Kier alpha value is -3.28. The van der Waals surface area contributed by atoms with Gasteiger partial charge in [0, 0.05) is 17.4 Å². The molecule has 4 aromatic rings. The Bertz CT molecular complexity index is 1580. The molecule has 0 fully saturated rings. The zero-order valence-corrected chi connectivity index (χ0v) is 22.3. The van der Waals surface area contributed by atoms with Gasteiger partial charge in [-0.05, 0) is 62.7 Å². The van der Waals surface area contributed by atoms with E-state index < -0.39 is 37.7 Å². The normalized spacial score (nSPS) is 11.9. The Labute approximate surface area is 221 Å². The van der Waals surface area contributed by atoms with Crippen molar-refractivity contribution in [1.29, 1.82) is 0 Å². The van der Waals surface area contributed by atoms with Crippen LogP contribution in [0.1, 0.15) is 36.1 Å². The molecule has 0 radical (unpaired) electrons. The van der Waals surface area contributed by atoms with Gasteiger partial charge < -0.3 is 5.32 Å². The number of benzene rings is 2. The summed E-state index contributed by atoms with van der Waals surface area (Å²) in [7, 11) is -3.53. The Morgan fingerprint density at radius 2 is 1.73 bits per heavy atom. The quantitative estimate of drug-likeness (QED) is 0.282. The average Bonchev–Trinajstić information content (AvgIpc) is 3.21. The third-order valence-corrected chi connectivity index (χ3v) is 9.32. The number of anilines is 1. The molecule has 0 unspecified atom stereocenters. The Kier molecular flexibility index (Phi) is 7.40. The van der Waals surface area contributed by atoms with Crippen LogP contribution in [0.2, 0.25) is 5.28 Å². The summed E-state index contributed by atoms with van der Waals surface area (Å²) in [5.74, 6) is -3.21. The predicted octanol–water partition coefficient (Wildman–Crippen LogP) is 6.16. The Morgan fingerprint density at radius 3 is 2.38 bits per heavy atom. The number of aromatic nitrogens is 3. The molecule has 0 aliphatic rings. The molecule has 2 heterocycles. The van der Waals surface area contributed by atoms with Crippen LogP contribution in [0.5, 0.6) is 0 Å². The van der Waals surface area contributed by atoms with Crippen LogP contribution in [0.3, 0.4) is 0 Å². The number of sulfone groups is 1. The van der Waals surface area contributed by atoms with Crippen LogP contribution in [0.4, 0.5) is 14.5 Å². The van der Waals surface area contributed by atoms with Crippen molar-refractivity contribution in [1.82, 2.24) is 15.0 Å². The summed E-state index contributed by atoms with van der Waals surface area (Å²) in [4.78, 5) is 25.9. The lowest BCUT2D eigenvalue weighted by Gasteiger charge is -2.17. The minimum Gasteiger partial charge on any atom is -0.322 e. The number of thiazole rings is 1. The molecule has 0 atom stereocenters. The number of amides is 1. The second-order valence-corrected chi connectivity index (χ2v) is 13.2. The fourth-order valence-electron chi connectivity index (χ4n) is 3.29. The highest BCUT2D eigenvalue weighted by Crippen LogP contribution is 2.38. The molecule has 2 aromatic carbocycles. The molecule has 12 heteroatoms. The van der Waals surface area contributed by atoms with Gasteiger partial charge in [-0.1, -0.05) is 18.2 Å². The summed E-state index contributed by atoms with van der Waals surface area (Å²) in [5.41, 5.74) is 0.926. The van der Waals surface area contributed by atoms with E-state index in [9.17, 15) is 22.0 Å². The lowest BCUT2D eigenvalue weighted by Crippen LogP contribution is -2.29. The number of nitrogens with zero attached hydrogens (tertiary/aromatic N) is 3. The molecule has 37 heavy (non-hydrogen) atoms. The third kappa shape index (κ3) is 5.84. The summed E-state index contributed by atoms with van der Waals surface area (Å²) in [6.45, 7) is 4.85. The molecule has 2 aromatic heterocycles. The molecular weight excluding hydrogens is 542 g/mol. The molecule has 4 rings (SSSR count). The fraction of sp³-hybridized carbons (Fsp3) is 0.200. The lowest BCUT2D eigenvalue weighted by molar-refractivity contribution is 0.101. The number of hydrogen-bond donors (Lipinski definition) is 1. The van der Waals surface area contributed by atoms with Gasteiger partial charge in [0.05, 0.1) is 21.0 Å². The van der Waals surface area contributed by atoms with Crippen LogP contribution in [-0.2, 0) is 15.6 Å². The SMILES string of the molecule is CC(C)(C)S(=O)(=O)Cc1nc(-c2cccc(NC(=O)c3c(F)cccc3F)c2)c(-c2ccnc(Cl)n2)s1. The first-order chi connectivity index (χ1) is 17.4. The maximum Gasteiger partial charge on any atom is 0.261 e. The average molecular weight is 563 g/mol. The summed E-state index contributed by atoms with van der Waals surface area (Å²) in [6.07, 6.45) is 1.47. The van der Waals surface area contributed by atoms with Crippen molar-refractivity contribution in [2.75, 3.05) is 5.32 Å². The van der Waals surface area contributed by atoms with E-state index >= 15 is 0 Å². The van der Waals surface area contributed by atoms with Crippen LogP contribution in [0.25, 0.3) is 21.8 Å². The highest BCUT2D eigenvalue weighted by Gasteiger charge is 2.31. The number of rotatable bonds is 6. The largest absolute Gasteiger partial charge is 0.322 e. The second-order valence-electron chi connectivity index (χ2n) is 9.00. The van der Waals surface area contributed by atoms with E-state index in [1.54, 1.807) is 51.1 Å². The van der Waals surface area contributed by atoms with Crippen LogP contribution in [0.15, 0.2) is 54.7 Å². The molecule has 0 aliphatic carbocycles. The number of hydrogen-bond acceptors (Lipinski definition) is 7. The predicted molar refractivity (Wildman–Crippen MR) is 140 cm³/mol. The van der Waals surface area contributed by atoms with Crippen LogP contribution in [-0.4, -0.2) is 34.0 Å². The first kappa shape index (κ1) is 26.8. The van der Waals surface area contributed by atoms with Crippen molar-refractivity contribution in [3.63, 3.8) is 0 Å². The topological polar surface area (TPSA) is 102 Å². The summed E-state index contributed by atoms with van der Waals surface area (Å²) in [5, 5.41) is 2.85. The van der Waals surface area contributed by atoms with Gasteiger partial charge in [-0.15, -0.1) is 11.3 Å². The molecule has 1 N–H and O–H groups in total. The first-order valence-corrected chi connectivity index (χ1v) is 13.8. The number of halogens is 3. The van der Waals surface area contributed by atoms with E-state index in [2.05, 4.69) is 20.3 Å². The van der Waals surface area contributed by atoms with Crippen molar-refractivity contribution < 1.29 is 22.0 Å². The van der Waals surface area contributed by atoms with Gasteiger partial charge in [-0.25, -0.2) is 32.2 Å².